The molecule has 0 saturated carbocycles. The highest BCUT2D eigenvalue weighted by Crippen LogP contribution is 2.22. The maximum absolute atomic E-state index is 12.3. The molecule has 2 heterocycles. The minimum atomic E-state index is -0.0821. The topological polar surface area (TPSA) is 46.9 Å². The smallest absolute Gasteiger partial charge is 0.265 e. The van der Waals surface area contributed by atoms with Crippen molar-refractivity contribution in [1.29, 1.82) is 0 Å². The molecule has 0 aliphatic carbocycles. The molecule has 1 N–H and O–H groups in total. The number of nitrogens with zero attached hydrogens (tertiary/aromatic N) is 2. The van der Waals surface area contributed by atoms with Crippen molar-refractivity contribution in [2.24, 2.45) is 0 Å². The first-order valence-corrected chi connectivity index (χ1v) is 8.37. The van der Waals surface area contributed by atoms with Gasteiger partial charge < -0.3 is 5.32 Å². The zero-order valence-electron chi connectivity index (χ0n) is 13.5. The number of aryl methyl sites for hydroxylation is 2. The molecule has 0 atom stereocenters. The van der Waals surface area contributed by atoms with Gasteiger partial charge in [-0.25, -0.2) is 0 Å². The monoisotopic (exact) mass is 325 g/mol. The normalized spacial score (nSPS) is 10.7. The molecule has 0 unspecified atom stereocenters. The minimum absolute atomic E-state index is 0.0821. The van der Waals surface area contributed by atoms with E-state index < -0.39 is 0 Å². The van der Waals surface area contributed by atoms with Crippen LogP contribution in [-0.2, 0) is 6.54 Å². The summed E-state index contributed by atoms with van der Waals surface area (Å²) in [6.07, 6.45) is 0. The van der Waals surface area contributed by atoms with Crippen LogP contribution in [0.4, 0.5) is 5.69 Å². The third-order valence-electron chi connectivity index (χ3n) is 3.78. The van der Waals surface area contributed by atoms with Crippen molar-refractivity contribution in [3.63, 3.8) is 0 Å². The Balaban J connectivity index is 1.83. The molecule has 5 heteroatoms. The highest BCUT2D eigenvalue weighted by Gasteiger charge is 2.15. The number of aromatic nitrogens is 2. The number of rotatable bonds is 4. The Morgan fingerprint density at radius 1 is 1.22 bits per heavy atom. The Morgan fingerprint density at radius 3 is 2.74 bits per heavy atom. The summed E-state index contributed by atoms with van der Waals surface area (Å²) in [7, 11) is 0. The first-order chi connectivity index (χ1) is 11.0. The number of amides is 1. The van der Waals surface area contributed by atoms with Crippen molar-refractivity contribution in [2.75, 3.05) is 5.32 Å². The van der Waals surface area contributed by atoms with Crippen LogP contribution in [0.5, 0.6) is 0 Å². The molecular weight excluding hydrogens is 306 g/mol. The van der Waals surface area contributed by atoms with Crippen molar-refractivity contribution in [3.05, 3.63) is 69.2 Å². The van der Waals surface area contributed by atoms with Crippen LogP contribution in [0.15, 0.2) is 41.8 Å². The lowest BCUT2D eigenvalue weighted by Gasteiger charge is -2.07. The van der Waals surface area contributed by atoms with Crippen LogP contribution in [0.2, 0.25) is 0 Å². The van der Waals surface area contributed by atoms with Crippen LogP contribution in [0.25, 0.3) is 0 Å². The van der Waals surface area contributed by atoms with E-state index >= 15 is 0 Å². The summed E-state index contributed by atoms with van der Waals surface area (Å²) in [5.74, 6) is -0.0821. The Hall–Kier alpha value is -2.40. The molecule has 1 amide bonds. The first-order valence-electron chi connectivity index (χ1n) is 7.49. The van der Waals surface area contributed by atoms with Gasteiger partial charge in [-0.15, -0.1) is 11.3 Å². The van der Waals surface area contributed by atoms with Gasteiger partial charge in [0, 0.05) is 0 Å². The Labute approximate surface area is 139 Å². The fraction of sp³-hybridized carbons (Fsp3) is 0.222. The van der Waals surface area contributed by atoms with Gasteiger partial charge in [0.05, 0.1) is 28.5 Å². The van der Waals surface area contributed by atoms with Crippen LogP contribution in [0, 0.1) is 20.8 Å². The van der Waals surface area contributed by atoms with E-state index in [1.165, 1.54) is 22.5 Å². The average Bonchev–Trinajstić information content (AvgIpc) is 3.12. The van der Waals surface area contributed by atoms with Gasteiger partial charge >= 0.3 is 0 Å². The number of anilines is 1. The minimum Gasteiger partial charge on any atom is -0.318 e. The lowest BCUT2D eigenvalue weighted by molar-refractivity contribution is 0.103. The van der Waals surface area contributed by atoms with Crippen molar-refractivity contribution >= 4 is 22.9 Å². The van der Waals surface area contributed by atoms with Crippen LogP contribution in [-0.4, -0.2) is 15.7 Å². The van der Waals surface area contributed by atoms with Crippen LogP contribution >= 0.6 is 11.3 Å². The quantitative estimate of drug-likeness (QED) is 0.782. The highest BCUT2D eigenvalue weighted by atomic mass is 32.1. The maximum atomic E-state index is 12.3. The molecule has 0 aliphatic heterocycles. The van der Waals surface area contributed by atoms with Gasteiger partial charge in [-0.3, -0.25) is 9.48 Å². The van der Waals surface area contributed by atoms with E-state index in [0.29, 0.717) is 11.4 Å². The number of thiophene rings is 1. The summed E-state index contributed by atoms with van der Waals surface area (Å²) in [5, 5.41) is 9.46. The zero-order valence-corrected chi connectivity index (χ0v) is 14.3. The van der Waals surface area contributed by atoms with Gasteiger partial charge in [-0.1, -0.05) is 35.9 Å². The molecule has 118 valence electrons. The van der Waals surface area contributed by atoms with Crippen molar-refractivity contribution in [1.82, 2.24) is 9.78 Å². The standard InChI is InChI=1S/C18H19N3OS/c1-12-6-4-7-15(10-12)11-21-14(3)17(13(2)20-21)19-18(22)16-8-5-9-23-16/h4-10H,11H2,1-3H3,(H,19,22). The zero-order chi connectivity index (χ0) is 16.4. The van der Waals surface area contributed by atoms with Crippen LogP contribution in [0.1, 0.15) is 32.2 Å². The molecule has 0 spiro atoms. The van der Waals surface area contributed by atoms with Gasteiger partial charge in [0.2, 0.25) is 0 Å². The van der Waals surface area contributed by atoms with Crippen molar-refractivity contribution in [3.8, 4) is 0 Å². The van der Waals surface area contributed by atoms with E-state index in [9.17, 15) is 4.79 Å². The van der Waals surface area contributed by atoms with Gasteiger partial charge in [-0.2, -0.15) is 5.10 Å². The van der Waals surface area contributed by atoms with Gasteiger partial charge in [0.25, 0.3) is 5.91 Å². The summed E-state index contributed by atoms with van der Waals surface area (Å²) in [4.78, 5) is 13.0. The number of benzene rings is 1. The van der Waals surface area contributed by atoms with E-state index in [0.717, 1.165) is 17.1 Å². The number of hydrogen-bond donors (Lipinski definition) is 1. The second kappa shape index (κ2) is 6.38. The maximum Gasteiger partial charge on any atom is 0.265 e. The summed E-state index contributed by atoms with van der Waals surface area (Å²) in [6, 6.07) is 12.1. The first kappa shape index (κ1) is 15.5. The molecular formula is C18H19N3OS. The third kappa shape index (κ3) is 3.35. The Kier molecular flexibility index (Phi) is 4.30. The molecule has 23 heavy (non-hydrogen) atoms. The van der Waals surface area contributed by atoms with Crippen LogP contribution in [0.3, 0.4) is 0 Å². The summed E-state index contributed by atoms with van der Waals surface area (Å²) >= 11 is 1.43. The van der Waals surface area contributed by atoms with Crippen molar-refractivity contribution in [2.45, 2.75) is 27.3 Å². The number of hydrogen-bond acceptors (Lipinski definition) is 3. The molecule has 0 bridgehead atoms. The van der Waals surface area contributed by atoms with Gasteiger partial charge in [0.15, 0.2) is 0 Å². The van der Waals surface area contributed by atoms with E-state index in [1.807, 2.05) is 36.0 Å². The molecule has 3 aromatic rings. The molecule has 4 nitrogen and oxygen atoms in total. The molecule has 0 radical (unpaired) electrons. The molecule has 2 aromatic heterocycles. The van der Waals surface area contributed by atoms with Gasteiger partial charge in [-0.05, 0) is 37.8 Å². The lowest BCUT2D eigenvalue weighted by atomic mass is 10.1. The summed E-state index contributed by atoms with van der Waals surface area (Å²) in [5.41, 5.74) is 5.03. The van der Waals surface area contributed by atoms with E-state index in [-0.39, 0.29) is 5.91 Å². The molecule has 0 fully saturated rings. The second-order valence-corrected chi connectivity index (χ2v) is 6.57. The number of carbonyl (C=O) groups is 1. The molecule has 0 aliphatic rings. The predicted molar refractivity (Wildman–Crippen MR) is 94.3 cm³/mol. The Bertz CT molecular complexity index is 834. The van der Waals surface area contributed by atoms with E-state index in [4.69, 9.17) is 0 Å². The van der Waals surface area contributed by atoms with Gasteiger partial charge in [0.1, 0.15) is 0 Å². The Morgan fingerprint density at radius 2 is 2.04 bits per heavy atom. The van der Waals surface area contributed by atoms with E-state index in [2.05, 4.69) is 41.6 Å². The molecule has 3 rings (SSSR count). The fourth-order valence-corrected chi connectivity index (χ4v) is 3.22. The lowest BCUT2D eigenvalue weighted by Crippen LogP contribution is -2.12. The van der Waals surface area contributed by atoms with Crippen molar-refractivity contribution < 1.29 is 4.79 Å². The molecule has 1 aromatic carbocycles. The molecule has 0 saturated heterocycles. The highest BCUT2D eigenvalue weighted by molar-refractivity contribution is 7.12. The second-order valence-electron chi connectivity index (χ2n) is 5.62. The van der Waals surface area contributed by atoms with Crippen LogP contribution < -0.4 is 5.32 Å². The predicted octanol–water partition coefficient (Wildman–Crippen LogP) is 4.17. The number of carbonyl (C=O) groups excluding carboxylic acids is 1. The summed E-state index contributed by atoms with van der Waals surface area (Å²) in [6.45, 7) is 6.68. The SMILES string of the molecule is Cc1cccc(Cn2nc(C)c(NC(=O)c3cccs3)c2C)c1. The third-order valence-corrected chi connectivity index (χ3v) is 4.65. The number of nitrogens with one attached hydrogen (secondary N) is 1. The summed E-state index contributed by atoms with van der Waals surface area (Å²) < 4.78 is 1.94. The average molecular weight is 325 g/mol. The van der Waals surface area contributed by atoms with E-state index in [1.54, 1.807) is 0 Å². The fourth-order valence-electron chi connectivity index (χ4n) is 2.60. The largest absolute Gasteiger partial charge is 0.318 e.